The van der Waals surface area contributed by atoms with Gasteiger partial charge in [-0.1, -0.05) is 18.2 Å². The van der Waals surface area contributed by atoms with E-state index < -0.39 is 0 Å². The molecule has 1 N–H and O–H groups in total. The van der Waals surface area contributed by atoms with Crippen LogP contribution in [0.3, 0.4) is 0 Å². The quantitative estimate of drug-likeness (QED) is 0.647. The summed E-state index contributed by atoms with van der Waals surface area (Å²) in [5.41, 5.74) is 0.479. The number of benzene rings is 1. The fourth-order valence-corrected chi connectivity index (χ4v) is 3.61. The molecule has 0 aliphatic carbocycles. The highest BCUT2D eigenvalue weighted by molar-refractivity contribution is 7.11. The van der Waals surface area contributed by atoms with E-state index >= 15 is 0 Å². The average molecular weight is 372 g/mol. The molecule has 136 valence electrons. The number of rotatable bonds is 8. The molecule has 3 aromatic rings. The predicted molar refractivity (Wildman–Crippen MR) is 100 cm³/mol. The normalized spacial score (nSPS) is 11.0. The van der Waals surface area contributed by atoms with Crippen LogP contribution in [-0.2, 0) is 24.4 Å². The van der Waals surface area contributed by atoms with E-state index in [0.29, 0.717) is 18.7 Å². The topological polar surface area (TPSA) is 45.5 Å². The van der Waals surface area contributed by atoms with E-state index in [1.165, 1.54) is 15.8 Å². The largest absolute Gasteiger partial charge is 0.468 e. The van der Waals surface area contributed by atoms with Crippen LogP contribution in [0.4, 0.5) is 4.39 Å². The summed E-state index contributed by atoms with van der Waals surface area (Å²) in [4.78, 5) is 16.8. The molecule has 0 atom stereocenters. The highest BCUT2D eigenvalue weighted by Gasteiger charge is 2.14. The maximum atomic E-state index is 13.7. The molecule has 2 aromatic heterocycles. The smallest absolute Gasteiger partial charge is 0.234 e. The maximum absolute atomic E-state index is 13.7. The first-order valence-electron chi connectivity index (χ1n) is 8.40. The van der Waals surface area contributed by atoms with E-state index in [1.54, 1.807) is 35.8 Å². The van der Waals surface area contributed by atoms with E-state index in [9.17, 15) is 9.18 Å². The lowest BCUT2D eigenvalue weighted by Crippen LogP contribution is -2.36. The van der Waals surface area contributed by atoms with Crippen molar-refractivity contribution in [3.05, 3.63) is 81.7 Å². The minimum absolute atomic E-state index is 0.145. The molecule has 0 fully saturated rings. The lowest BCUT2D eigenvalue weighted by atomic mass is 10.2. The van der Waals surface area contributed by atoms with Gasteiger partial charge in [0.25, 0.3) is 0 Å². The van der Waals surface area contributed by atoms with E-state index in [0.717, 1.165) is 5.76 Å². The van der Waals surface area contributed by atoms with Gasteiger partial charge in [0, 0.05) is 28.4 Å². The van der Waals surface area contributed by atoms with Crippen molar-refractivity contribution in [2.75, 3.05) is 6.54 Å². The third-order valence-electron chi connectivity index (χ3n) is 3.94. The van der Waals surface area contributed by atoms with Crippen molar-refractivity contribution in [2.24, 2.45) is 0 Å². The molecule has 0 radical (unpaired) electrons. The van der Waals surface area contributed by atoms with Crippen molar-refractivity contribution in [2.45, 2.75) is 26.6 Å². The summed E-state index contributed by atoms with van der Waals surface area (Å²) in [5, 5.41) is 2.79. The number of hydrogen-bond acceptors (Lipinski definition) is 4. The van der Waals surface area contributed by atoms with Crippen LogP contribution in [0.25, 0.3) is 0 Å². The van der Waals surface area contributed by atoms with Gasteiger partial charge in [0.2, 0.25) is 5.91 Å². The van der Waals surface area contributed by atoms with Crippen molar-refractivity contribution >= 4 is 17.2 Å². The minimum atomic E-state index is -0.311. The Balaban J connectivity index is 1.60. The Labute approximate surface area is 156 Å². The van der Waals surface area contributed by atoms with Crippen LogP contribution in [0.5, 0.6) is 0 Å². The van der Waals surface area contributed by atoms with Crippen molar-refractivity contribution < 1.29 is 13.6 Å². The number of hydrogen-bond donors (Lipinski definition) is 1. The van der Waals surface area contributed by atoms with E-state index in [4.69, 9.17) is 4.42 Å². The number of carbonyl (C=O) groups excluding carboxylic acids is 1. The third kappa shape index (κ3) is 5.28. The van der Waals surface area contributed by atoms with E-state index in [2.05, 4.69) is 24.4 Å². The lowest BCUT2D eigenvalue weighted by molar-refractivity contribution is -0.122. The molecule has 0 bridgehead atoms. The van der Waals surface area contributed by atoms with Crippen LogP contribution < -0.4 is 5.32 Å². The summed E-state index contributed by atoms with van der Waals surface area (Å²) in [6.45, 7) is 3.65. The van der Waals surface area contributed by atoms with Gasteiger partial charge in [-0.2, -0.15) is 0 Å². The van der Waals surface area contributed by atoms with Gasteiger partial charge >= 0.3 is 0 Å². The summed E-state index contributed by atoms with van der Waals surface area (Å²) in [6.07, 6.45) is 1.63. The number of halogens is 1. The van der Waals surface area contributed by atoms with Gasteiger partial charge in [0.05, 0.1) is 19.4 Å². The first-order chi connectivity index (χ1) is 12.6. The molecule has 1 aromatic carbocycles. The molecule has 1 amide bonds. The van der Waals surface area contributed by atoms with E-state index in [1.807, 2.05) is 17.0 Å². The van der Waals surface area contributed by atoms with Crippen LogP contribution in [-0.4, -0.2) is 17.4 Å². The fraction of sp³-hybridized carbons (Fsp3) is 0.250. The van der Waals surface area contributed by atoms with Crippen LogP contribution in [0, 0.1) is 12.7 Å². The predicted octanol–water partition coefficient (Wildman–Crippen LogP) is 4.11. The second-order valence-electron chi connectivity index (χ2n) is 6.11. The first-order valence-corrected chi connectivity index (χ1v) is 9.22. The molecular weight excluding hydrogens is 351 g/mol. The Hall–Kier alpha value is -2.44. The monoisotopic (exact) mass is 372 g/mol. The molecule has 26 heavy (non-hydrogen) atoms. The standard InChI is InChI=1S/C20H21FN2O2S/c1-15-8-9-18(26-15)13-23(12-17-6-4-10-25-17)14-20(24)22-11-16-5-2-3-7-19(16)21/h2-10H,11-14H2,1H3,(H,22,24). The van der Waals surface area contributed by atoms with Gasteiger partial charge in [-0.15, -0.1) is 11.3 Å². The van der Waals surface area contributed by atoms with Crippen LogP contribution in [0.2, 0.25) is 0 Å². The van der Waals surface area contributed by atoms with Gasteiger partial charge < -0.3 is 9.73 Å². The van der Waals surface area contributed by atoms with Gasteiger partial charge in [-0.3, -0.25) is 9.69 Å². The summed E-state index contributed by atoms with van der Waals surface area (Å²) in [7, 11) is 0. The Kier molecular flexibility index (Phi) is 6.20. The van der Waals surface area contributed by atoms with Gasteiger partial charge in [0.1, 0.15) is 11.6 Å². The minimum Gasteiger partial charge on any atom is -0.468 e. The highest BCUT2D eigenvalue weighted by atomic mass is 32.1. The summed E-state index contributed by atoms with van der Waals surface area (Å²) in [5.74, 6) is 0.350. The highest BCUT2D eigenvalue weighted by Crippen LogP contribution is 2.18. The Bertz CT molecular complexity index is 845. The number of thiophene rings is 1. The second kappa shape index (κ2) is 8.78. The molecule has 0 saturated heterocycles. The molecule has 0 saturated carbocycles. The molecule has 4 nitrogen and oxygen atoms in total. The number of aryl methyl sites for hydroxylation is 1. The molecule has 0 aliphatic rings. The Morgan fingerprint density at radius 3 is 2.69 bits per heavy atom. The van der Waals surface area contributed by atoms with E-state index in [-0.39, 0.29) is 24.8 Å². The second-order valence-corrected chi connectivity index (χ2v) is 7.48. The van der Waals surface area contributed by atoms with Crippen LogP contribution in [0.15, 0.2) is 59.2 Å². The summed E-state index contributed by atoms with van der Waals surface area (Å²) >= 11 is 1.71. The molecule has 0 spiro atoms. The van der Waals surface area contributed by atoms with Crippen molar-refractivity contribution in [1.82, 2.24) is 10.2 Å². The Morgan fingerprint density at radius 1 is 1.15 bits per heavy atom. The zero-order valence-corrected chi connectivity index (χ0v) is 15.4. The number of carbonyl (C=O) groups is 1. The molecule has 3 rings (SSSR count). The zero-order chi connectivity index (χ0) is 18.4. The van der Waals surface area contributed by atoms with Crippen LogP contribution >= 0.6 is 11.3 Å². The summed E-state index contributed by atoms with van der Waals surface area (Å²) < 4.78 is 19.1. The SMILES string of the molecule is Cc1ccc(CN(CC(=O)NCc2ccccc2F)Cc2ccco2)s1. The van der Waals surface area contributed by atoms with Gasteiger partial charge in [0.15, 0.2) is 0 Å². The zero-order valence-electron chi connectivity index (χ0n) is 14.6. The molecule has 2 heterocycles. The average Bonchev–Trinajstić information content (AvgIpc) is 3.26. The molecule has 0 aliphatic heterocycles. The Morgan fingerprint density at radius 2 is 2.00 bits per heavy atom. The fourth-order valence-electron chi connectivity index (χ4n) is 2.68. The van der Waals surface area contributed by atoms with Gasteiger partial charge in [-0.05, 0) is 37.3 Å². The van der Waals surface area contributed by atoms with Crippen molar-refractivity contribution in [3.8, 4) is 0 Å². The first kappa shape index (κ1) is 18.4. The summed E-state index contributed by atoms with van der Waals surface area (Å²) in [6, 6.07) is 14.3. The lowest BCUT2D eigenvalue weighted by Gasteiger charge is -2.20. The molecule has 0 unspecified atom stereocenters. The number of furan rings is 1. The molecular formula is C20H21FN2O2S. The third-order valence-corrected chi connectivity index (χ3v) is 4.92. The number of nitrogens with zero attached hydrogens (tertiary/aromatic N) is 1. The van der Waals surface area contributed by atoms with Crippen molar-refractivity contribution in [3.63, 3.8) is 0 Å². The number of nitrogens with one attached hydrogen (secondary N) is 1. The van der Waals surface area contributed by atoms with Crippen molar-refractivity contribution in [1.29, 1.82) is 0 Å². The number of amides is 1. The maximum Gasteiger partial charge on any atom is 0.234 e. The molecule has 6 heteroatoms. The van der Waals surface area contributed by atoms with Crippen LogP contribution in [0.1, 0.15) is 21.1 Å². The van der Waals surface area contributed by atoms with Gasteiger partial charge in [-0.25, -0.2) is 4.39 Å².